The van der Waals surface area contributed by atoms with Crippen LogP contribution in [0.25, 0.3) is 0 Å². The number of nitrogens with zero attached hydrogens (tertiary/aromatic N) is 2. The fraction of sp³-hybridized carbons (Fsp3) is 0.364. The van der Waals surface area contributed by atoms with Crippen molar-refractivity contribution in [3.05, 3.63) is 71.8 Å². The van der Waals surface area contributed by atoms with E-state index in [-0.39, 0.29) is 24.5 Å². The number of hydrogen-bond acceptors (Lipinski definition) is 4. The molecule has 0 spiro atoms. The number of carbonyl (C=O) groups excluding carboxylic acids is 2. The second-order valence-electron chi connectivity index (χ2n) is 6.86. The van der Waals surface area contributed by atoms with Gasteiger partial charge in [0.25, 0.3) is 5.91 Å². The Labute approximate surface area is 165 Å². The van der Waals surface area contributed by atoms with Gasteiger partial charge in [0.05, 0.1) is 12.6 Å². The smallest absolute Gasteiger partial charge is 0.256 e. The minimum absolute atomic E-state index is 0.0121. The molecule has 6 heteroatoms. The van der Waals surface area contributed by atoms with Gasteiger partial charge in [-0.2, -0.15) is 0 Å². The first-order chi connectivity index (χ1) is 13.6. The van der Waals surface area contributed by atoms with Crippen molar-refractivity contribution >= 4 is 11.8 Å². The molecule has 0 bridgehead atoms. The zero-order valence-electron chi connectivity index (χ0n) is 16.3. The zero-order valence-corrected chi connectivity index (χ0v) is 16.3. The van der Waals surface area contributed by atoms with Crippen molar-refractivity contribution in [1.29, 1.82) is 0 Å². The Bertz CT molecular complexity index is 782. The minimum atomic E-state index is -0.743. The number of hydrogen-bond donors (Lipinski definition) is 0. The first-order valence-electron chi connectivity index (χ1n) is 9.33. The van der Waals surface area contributed by atoms with Crippen molar-refractivity contribution in [2.45, 2.75) is 18.8 Å². The highest BCUT2D eigenvalue weighted by Gasteiger charge is 2.34. The van der Waals surface area contributed by atoms with E-state index in [1.807, 2.05) is 60.7 Å². The molecule has 3 rings (SSSR count). The van der Waals surface area contributed by atoms with E-state index in [4.69, 9.17) is 9.47 Å². The standard InChI is InChI=1S/C22H26N2O4/c1-27-19-14-23(13-17-9-5-3-6-10-17)20(25)16-24(15-19)22(26)21(28-2)18-11-7-4-8-12-18/h3-12,19,21H,13-16H2,1-2H3. The van der Waals surface area contributed by atoms with E-state index in [0.29, 0.717) is 19.6 Å². The minimum Gasteiger partial charge on any atom is -0.378 e. The van der Waals surface area contributed by atoms with Crippen LogP contribution in [0.3, 0.4) is 0 Å². The van der Waals surface area contributed by atoms with Crippen molar-refractivity contribution in [1.82, 2.24) is 9.80 Å². The summed E-state index contributed by atoms with van der Waals surface area (Å²) in [5.41, 5.74) is 1.81. The van der Waals surface area contributed by atoms with Crippen LogP contribution in [0.5, 0.6) is 0 Å². The van der Waals surface area contributed by atoms with Gasteiger partial charge in [-0.3, -0.25) is 9.59 Å². The SMILES string of the molecule is COC1CN(Cc2ccccc2)C(=O)CN(C(=O)C(OC)c2ccccc2)C1. The summed E-state index contributed by atoms with van der Waals surface area (Å²) >= 11 is 0. The molecule has 148 valence electrons. The predicted octanol–water partition coefficient (Wildman–Crippen LogP) is 2.26. The molecule has 2 atom stereocenters. The van der Waals surface area contributed by atoms with Crippen LogP contribution >= 0.6 is 0 Å². The second kappa shape index (κ2) is 9.48. The van der Waals surface area contributed by atoms with E-state index < -0.39 is 6.10 Å². The Balaban J connectivity index is 1.77. The summed E-state index contributed by atoms with van der Waals surface area (Å²) in [5.74, 6) is -0.328. The Morgan fingerprint density at radius 3 is 2.29 bits per heavy atom. The highest BCUT2D eigenvalue weighted by Crippen LogP contribution is 2.21. The monoisotopic (exact) mass is 382 g/mol. The number of methoxy groups -OCH3 is 2. The van der Waals surface area contributed by atoms with Gasteiger partial charge in [0.1, 0.15) is 0 Å². The van der Waals surface area contributed by atoms with Crippen LogP contribution in [0.15, 0.2) is 60.7 Å². The number of carbonyl (C=O) groups is 2. The van der Waals surface area contributed by atoms with Crippen LogP contribution in [0.2, 0.25) is 0 Å². The molecular formula is C22H26N2O4. The molecule has 0 aromatic heterocycles. The molecule has 6 nitrogen and oxygen atoms in total. The van der Waals surface area contributed by atoms with Crippen LogP contribution in [-0.2, 0) is 25.6 Å². The fourth-order valence-electron chi connectivity index (χ4n) is 3.43. The van der Waals surface area contributed by atoms with Gasteiger partial charge >= 0.3 is 0 Å². The van der Waals surface area contributed by atoms with Crippen molar-refractivity contribution < 1.29 is 19.1 Å². The molecule has 1 aliphatic heterocycles. The molecule has 2 aromatic rings. The normalized spacial score (nSPS) is 18.6. The van der Waals surface area contributed by atoms with Gasteiger partial charge in [-0.25, -0.2) is 0 Å². The highest BCUT2D eigenvalue weighted by atomic mass is 16.5. The average Bonchev–Trinajstić information content (AvgIpc) is 2.89. The maximum Gasteiger partial charge on any atom is 0.256 e. The number of amides is 2. The molecule has 0 aliphatic carbocycles. The summed E-state index contributed by atoms with van der Waals surface area (Å²) in [6.45, 7) is 1.29. The molecule has 0 N–H and O–H groups in total. The van der Waals surface area contributed by atoms with Crippen molar-refractivity contribution in [3.8, 4) is 0 Å². The Kier molecular flexibility index (Phi) is 6.79. The molecular weight excluding hydrogens is 356 g/mol. The lowest BCUT2D eigenvalue weighted by Crippen LogP contribution is -2.42. The summed E-state index contributed by atoms with van der Waals surface area (Å²) in [7, 11) is 3.11. The predicted molar refractivity (Wildman–Crippen MR) is 105 cm³/mol. The Morgan fingerprint density at radius 2 is 1.68 bits per heavy atom. The summed E-state index contributed by atoms with van der Waals surface area (Å²) < 4.78 is 11.0. The van der Waals surface area contributed by atoms with E-state index in [0.717, 1.165) is 11.1 Å². The molecule has 28 heavy (non-hydrogen) atoms. The molecule has 1 heterocycles. The summed E-state index contributed by atoms with van der Waals surface area (Å²) in [4.78, 5) is 29.3. The molecule has 0 radical (unpaired) electrons. The van der Waals surface area contributed by atoms with E-state index in [9.17, 15) is 9.59 Å². The third-order valence-corrected chi connectivity index (χ3v) is 4.95. The van der Waals surface area contributed by atoms with Gasteiger partial charge < -0.3 is 19.3 Å². The number of benzene rings is 2. The quantitative estimate of drug-likeness (QED) is 0.769. The highest BCUT2D eigenvalue weighted by molar-refractivity contribution is 5.88. The molecule has 1 saturated heterocycles. The topological polar surface area (TPSA) is 59.1 Å². The zero-order chi connectivity index (χ0) is 19.9. The molecule has 2 unspecified atom stereocenters. The molecule has 0 saturated carbocycles. The van der Waals surface area contributed by atoms with Gasteiger partial charge in [-0.1, -0.05) is 60.7 Å². The molecule has 2 aromatic carbocycles. The summed E-state index contributed by atoms with van der Waals surface area (Å²) in [5, 5.41) is 0. The van der Waals surface area contributed by atoms with Gasteiger partial charge in [0.15, 0.2) is 6.10 Å². The van der Waals surface area contributed by atoms with Gasteiger partial charge in [0, 0.05) is 33.9 Å². The van der Waals surface area contributed by atoms with Crippen LogP contribution in [0.4, 0.5) is 0 Å². The van der Waals surface area contributed by atoms with Gasteiger partial charge in [-0.15, -0.1) is 0 Å². The third-order valence-electron chi connectivity index (χ3n) is 4.95. The van der Waals surface area contributed by atoms with E-state index in [2.05, 4.69) is 0 Å². The van der Waals surface area contributed by atoms with Crippen LogP contribution in [0.1, 0.15) is 17.2 Å². The second-order valence-corrected chi connectivity index (χ2v) is 6.86. The lowest BCUT2D eigenvalue weighted by atomic mass is 10.1. The first-order valence-corrected chi connectivity index (χ1v) is 9.33. The molecule has 1 fully saturated rings. The summed E-state index contributed by atoms with van der Waals surface area (Å²) in [6.07, 6.45) is -1.00. The maximum absolute atomic E-state index is 13.1. The van der Waals surface area contributed by atoms with E-state index in [1.54, 1.807) is 16.9 Å². The maximum atomic E-state index is 13.1. The average molecular weight is 382 g/mol. The van der Waals surface area contributed by atoms with Gasteiger partial charge in [-0.05, 0) is 11.1 Å². The molecule has 2 amide bonds. The van der Waals surface area contributed by atoms with E-state index >= 15 is 0 Å². The van der Waals surface area contributed by atoms with Crippen LogP contribution in [-0.4, -0.2) is 61.6 Å². The van der Waals surface area contributed by atoms with Crippen molar-refractivity contribution in [2.75, 3.05) is 33.9 Å². The van der Waals surface area contributed by atoms with Gasteiger partial charge in [0.2, 0.25) is 5.91 Å². The third kappa shape index (κ3) is 4.77. The largest absolute Gasteiger partial charge is 0.378 e. The lowest BCUT2D eigenvalue weighted by molar-refractivity contribution is -0.146. The Morgan fingerprint density at radius 1 is 1.04 bits per heavy atom. The Hall–Kier alpha value is -2.70. The summed E-state index contributed by atoms with van der Waals surface area (Å²) in [6, 6.07) is 19.1. The van der Waals surface area contributed by atoms with Crippen molar-refractivity contribution in [2.24, 2.45) is 0 Å². The number of rotatable bonds is 6. The fourth-order valence-corrected chi connectivity index (χ4v) is 3.43. The first kappa shape index (κ1) is 20.0. The number of ether oxygens (including phenoxy) is 2. The van der Waals surface area contributed by atoms with Crippen LogP contribution in [0, 0.1) is 0 Å². The van der Waals surface area contributed by atoms with E-state index in [1.165, 1.54) is 7.11 Å². The van der Waals surface area contributed by atoms with Crippen LogP contribution < -0.4 is 0 Å². The molecule has 1 aliphatic rings. The lowest BCUT2D eigenvalue weighted by Gasteiger charge is -2.26. The van der Waals surface area contributed by atoms with Crippen molar-refractivity contribution in [3.63, 3.8) is 0 Å².